The summed E-state index contributed by atoms with van der Waals surface area (Å²) in [5.74, 6) is 0.911. The van der Waals surface area contributed by atoms with Crippen LogP contribution in [0.2, 0.25) is 0 Å². The van der Waals surface area contributed by atoms with Crippen molar-refractivity contribution in [3.05, 3.63) is 29.8 Å². The van der Waals surface area contributed by atoms with Gasteiger partial charge in [0.15, 0.2) is 5.78 Å². The predicted molar refractivity (Wildman–Crippen MR) is 71.9 cm³/mol. The van der Waals surface area contributed by atoms with E-state index in [-0.39, 0.29) is 11.3 Å². The minimum Gasteiger partial charge on any atom is -0.497 e. The van der Waals surface area contributed by atoms with E-state index in [9.17, 15) is 4.79 Å². The third-order valence-electron chi connectivity index (χ3n) is 3.77. The molecule has 0 amide bonds. The van der Waals surface area contributed by atoms with Gasteiger partial charge in [0.05, 0.1) is 7.11 Å². The van der Waals surface area contributed by atoms with Gasteiger partial charge in [0.1, 0.15) is 5.75 Å². The Hall–Kier alpha value is -1.35. The number of hydrogen-bond donors (Lipinski definition) is 1. The van der Waals surface area contributed by atoms with Gasteiger partial charge in [0, 0.05) is 17.5 Å². The molecule has 3 heteroatoms. The van der Waals surface area contributed by atoms with Crippen molar-refractivity contribution in [3.63, 3.8) is 0 Å². The van der Waals surface area contributed by atoms with Gasteiger partial charge in [-0.05, 0) is 37.1 Å². The van der Waals surface area contributed by atoms with Crippen LogP contribution in [-0.4, -0.2) is 18.4 Å². The van der Waals surface area contributed by atoms with Gasteiger partial charge in [0.2, 0.25) is 0 Å². The Morgan fingerprint density at radius 2 is 1.83 bits per heavy atom. The van der Waals surface area contributed by atoms with E-state index in [1.165, 1.54) is 6.42 Å². The first-order chi connectivity index (χ1) is 8.63. The molecule has 1 aliphatic carbocycles. The van der Waals surface area contributed by atoms with Crippen molar-refractivity contribution in [2.75, 3.05) is 7.11 Å². The Morgan fingerprint density at radius 1 is 1.22 bits per heavy atom. The lowest BCUT2D eigenvalue weighted by Gasteiger charge is -2.32. The molecule has 0 unspecified atom stereocenters. The van der Waals surface area contributed by atoms with E-state index in [1.54, 1.807) is 7.11 Å². The number of benzene rings is 1. The quantitative estimate of drug-likeness (QED) is 0.832. The van der Waals surface area contributed by atoms with Crippen LogP contribution in [0.25, 0.3) is 0 Å². The molecule has 2 N–H and O–H groups in total. The first-order valence-electron chi connectivity index (χ1n) is 6.59. The van der Waals surface area contributed by atoms with E-state index in [2.05, 4.69) is 0 Å². The van der Waals surface area contributed by atoms with Gasteiger partial charge in [-0.15, -0.1) is 0 Å². The smallest absolute Gasteiger partial charge is 0.164 e. The topological polar surface area (TPSA) is 52.3 Å². The number of ether oxygens (including phenoxy) is 1. The molecule has 3 nitrogen and oxygen atoms in total. The molecule has 1 saturated carbocycles. The second kappa shape index (κ2) is 5.53. The predicted octanol–water partition coefficient (Wildman–Crippen LogP) is 2.93. The zero-order chi connectivity index (χ0) is 13.0. The fourth-order valence-electron chi connectivity index (χ4n) is 2.63. The van der Waals surface area contributed by atoms with Gasteiger partial charge in [-0.1, -0.05) is 19.3 Å². The molecule has 1 aromatic carbocycles. The third-order valence-corrected chi connectivity index (χ3v) is 3.77. The van der Waals surface area contributed by atoms with Crippen LogP contribution >= 0.6 is 0 Å². The molecule has 0 radical (unpaired) electrons. The zero-order valence-corrected chi connectivity index (χ0v) is 10.9. The highest BCUT2D eigenvalue weighted by atomic mass is 16.5. The Bertz CT molecular complexity index is 405. The van der Waals surface area contributed by atoms with E-state index < -0.39 is 0 Å². The molecule has 0 spiro atoms. The molecule has 1 aliphatic rings. The van der Waals surface area contributed by atoms with Crippen molar-refractivity contribution in [3.8, 4) is 5.75 Å². The first-order valence-corrected chi connectivity index (χ1v) is 6.59. The molecule has 0 aliphatic heterocycles. The molecule has 0 saturated heterocycles. The average Bonchev–Trinajstić information content (AvgIpc) is 2.39. The van der Waals surface area contributed by atoms with Crippen molar-refractivity contribution in [2.45, 2.75) is 44.1 Å². The summed E-state index contributed by atoms with van der Waals surface area (Å²) in [6, 6.07) is 7.26. The van der Waals surface area contributed by atoms with E-state index in [4.69, 9.17) is 10.5 Å². The highest BCUT2D eigenvalue weighted by Gasteiger charge is 2.30. The summed E-state index contributed by atoms with van der Waals surface area (Å²) in [7, 11) is 1.62. The van der Waals surface area contributed by atoms with Gasteiger partial charge >= 0.3 is 0 Å². The number of carbonyl (C=O) groups is 1. The van der Waals surface area contributed by atoms with Gasteiger partial charge in [-0.25, -0.2) is 0 Å². The SMILES string of the molecule is COc1ccc(C(=O)CC2(N)CCCCC2)cc1. The second-order valence-corrected chi connectivity index (χ2v) is 5.25. The summed E-state index contributed by atoms with van der Waals surface area (Å²) >= 11 is 0. The van der Waals surface area contributed by atoms with Crippen LogP contribution in [0.15, 0.2) is 24.3 Å². The number of nitrogens with two attached hydrogens (primary N) is 1. The summed E-state index contributed by atoms with van der Waals surface area (Å²) in [5, 5.41) is 0. The van der Waals surface area contributed by atoms with E-state index in [1.807, 2.05) is 24.3 Å². The van der Waals surface area contributed by atoms with Crippen molar-refractivity contribution < 1.29 is 9.53 Å². The zero-order valence-electron chi connectivity index (χ0n) is 10.9. The van der Waals surface area contributed by atoms with Crippen LogP contribution in [0.5, 0.6) is 5.75 Å². The van der Waals surface area contributed by atoms with Crippen molar-refractivity contribution >= 4 is 5.78 Å². The van der Waals surface area contributed by atoms with Crippen molar-refractivity contribution in [2.24, 2.45) is 5.73 Å². The Kier molecular flexibility index (Phi) is 4.02. The normalized spacial score (nSPS) is 18.3. The van der Waals surface area contributed by atoms with Crippen LogP contribution in [0.1, 0.15) is 48.9 Å². The number of Topliss-reactive ketones (excluding diaryl/α,β-unsaturated/α-hetero) is 1. The number of hydrogen-bond acceptors (Lipinski definition) is 3. The average molecular weight is 247 g/mol. The van der Waals surface area contributed by atoms with E-state index in [0.717, 1.165) is 37.0 Å². The molecule has 0 bridgehead atoms. The highest BCUT2D eigenvalue weighted by molar-refractivity contribution is 5.96. The van der Waals surface area contributed by atoms with E-state index >= 15 is 0 Å². The van der Waals surface area contributed by atoms with Gasteiger partial charge in [0.25, 0.3) is 0 Å². The molecule has 98 valence electrons. The van der Waals surface area contributed by atoms with Crippen molar-refractivity contribution in [1.82, 2.24) is 0 Å². The summed E-state index contributed by atoms with van der Waals surface area (Å²) < 4.78 is 5.08. The summed E-state index contributed by atoms with van der Waals surface area (Å²) in [6.45, 7) is 0. The number of rotatable bonds is 4. The molecule has 1 aromatic rings. The number of ketones is 1. The molecule has 18 heavy (non-hydrogen) atoms. The monoisotopic (exact) mass is 247 g/mol. The van der Waals surface area contributed by atoms with Crippen LogP contribution < -0.4 is 10.5 Å². The molecule has 0 heterocycles. The lowest BCUT2D eigenvalue weighted by Crippen LogP contribution is -2.43. The lowest BCUT2D eigenvalue weighted by molar-refractivity contribution is 0.0934. The largest absolute Gasteiger partial charge is 0.497 e. The Balaban J connectivity index is 2.02. The fraction of sp³-hybridized carbons (Fsp3) is 0.533. The summed E-state index contributed by atoms with van der Waals surface area (Å²) in [6.07, 6.45) is 5.93. The molecule has 0 aromatic heterocycles. The first kappa shape index (κ1) is 13.1. The lowest BCUT2D eigenvalue weighted by atomic mass is 9.78. The van der Waals surface area contributed by atoms with E-state index in [0.29, 0.717) is 6.42 Å². The summed E-state index contributed by atoms with van der Waals surface area (Å²) in [4.78, 5) is 12.2. The molecule has 1 fully saturated rings. The molecular weight excluding hydrogens is 226 g/mol. The van der Waals surface area contributed by atoms with Gasteiger partial charge in [-0.2, -0.15) is 0 Å². The van der Waals surface area contributed by atoms with Crippen LogP contribution in [0.4, 0.5) is 0 Å². The molecule has 2 rings (SSSR count). The number of carbonyl (C=O) groups excluding carboxylic acids is 1. The van der Waals surface area contributed by atoms with Crippen molar-refractivity contribution in [1.29, 1.82) is 0 Å². The number of methoxy groups -OCH3 is 1. The Labute approximate surface area is 108 Å². The maximum absolute atomic E-state index is 12.2. The fourth-order valence-corrected chi connectivity index (χ4v) is 2.63. The Morgan fingerprint density at radius 3 is 2.39 bits per heavy atom. The van der Waals surface area contributed by atoms with Crippen LogP contribution in [0.3, 0.4) is 0 Å². The molecule has 0 atom stereocenters. The summed E-state index contributed by atoms with van der Waals surface area (Å²) in [5.41, 5.74) is 6.75. The van der Waals surface area contributed by atoms with Crippen LogP contribution in [-0.2, 0) is 0 Å². The second-order valence-electron chi connectivity index (χ2n) is 5.25. The molecular formula is C15H21NO2. The van der Waals surface area contributed by atoms with Gasteiger partial charge < -0.3 is 10.5 Å². The third kappa shape index (κ3) is 3.10. The van der Waals surface area contributed by atoms with Gasteiger partial charge in [-0.3, -0.25) is 4.79 Å². The standard InChI is InChI=1S/C15H21NO2/c1-18-13-7-5-12(6-8-13)14(17)11-15(16)9-3-2-4-10-15/h5-8H,2-4,9-11,16H2,1H3. The van der Waals surface area contributed by atoms with Crippen LogP contribution in [0, 0.1) is 0 Å². The maximum atomic E-state index is 12.2. The minimum absolute atomic E-state index is 0.141. The highest BCUT2D eigenvalue weighted by Crippen LogP contribution is 2.30. The minimum atomic E-state index is -0.282. The maximum Gasteiger partial charge on any atom is 0.164 e.